The van der Waals surface area contributed by atoms with Crippen LogP contribution in [0.2, 0.25) is 0 Å². The van der Waals surface area contributed by atoms with E-state index in [-0.39, 0.29) is 11.7 Å². The Balaban J connectivity index is 2.27. The highest BCUT2D eigenvalue weighted by molar-refractivity contribution is 6.06. The molecule has 2 aliphatic carbocycles. The molecule has 108 valence electrons. The predicted octanol–water partition coefficient (Wildman–Crippen LogP) is 2.08. The summed E-state index contributed by atoms with van der Waals surface area (Å²) in [5, 5.41) is 12.3. The first-order valence-electron chi connectivity index (χ1n) is 7.45. The van der Waals surface area contributed by atoms with Gasteiger partial charge in [-0.1, -0.05) is 30.8 Å². The Hall–Kier alpha value is -1.26. The summed E-state index contributed by atoms with van der Waals surface area (Å²) in [7, 11) is 0. The second-order valence-electron chi connectivity index (χ2n) is 5.80. The van der Waals surface area contributed by atoms with Crippen molar-refractivity contribution < 1.29 is 10.0 Å². The number of oxime groups is 1. The number of nitrogens with zero attached hydrogens (tertiary/aromatic N) is 2. The molecular formula is C14H25N3O2. The molecule has 2 saturated carbocycles. The van der Waals surface area contributed by atoms with Crippen molar-refractivity contribution in [2.75, 3.05) is 6.54 Å². The molecule has 2 fully saturated rings. The van der Waals surface area contributed by atoms with Crippen molar-refractivity contribution in [1.82, 2.24) is 4.90 Å². The van der Waals surface area contributed by atoms with Crippen LogP contribution in [-0.2, 0) is 4.79 Å². The second-order valence-corrected chi connectivity index (χ2v) is 5.80. The van der Waals surface area contributed by atoms with E-state index >= 15 is 0 Å². The van der Waals surface area contributed by atoms with Gasteiger partial charge in [-0.05, 0) is 32.6 Å². The average Bonchev–Trinajstić information content (AvgIpc) is 3.25. The van der Waals surface area contributed by atoms with E-state index in [0.29, 0.717) is 25.4 Å². The fraction of sp³-hybridized carbons (Fsp3) is 0.857. The van der Waals surface area contributed by atoms with Crippen LogP contribution in [0.15, 0.2) is 5.16 Å². The minimum atomic E-state index is -0.760. The maximum Gasteiger partial charge on any atom is 0.236 e. The van der Waals surface area contributed by atoms with E-state index in [4.69, 9.17) is 10.9 Å². The standard InChI is InChI=1S/C14H25N3O2/c1-2-17(11-7-8-11)13(18)14(12(15)16-19)9-5-3-4-6-10-14/h11,19H,2-10H2,1H3,(H2,15,16). The smallest absolute Gasteiger partial charge is 0.236 e. The summed E-state index contributed by atoms with van der Waals surface area (Å²) in [6.45, 7) is 2.72. The third-order valence-corrected chi connectivity index (χ3v) is 4.55. The van der Waals surface area contributed by atoms with Gasteiger partial charge >= 0.3 is 0 Å². The Morgan fingerprint density at radius 2 is 1.89 bits per heavy atom. The maximum absolute atomic E-state index is 12.9. The quantitative estimate of drug-likeness (QED) is 0.269. The SMILES string of the molecule is CCN(C(=O)C1(C(N)=NO)CCCCCC1)C1CC1. The first-order valence-corrected chi connectivity index (χ1v) is 7.45. The zero-order valence-electron chi connectivity index (χ0n) is 11.8. The van der Waals surface area contributed by atoms with Gasteiger partial charge in [0.05, 0.1) is 0 Å². The number of amides is 1. The van der Waals surface area contributed by atoms with Gasteiger partial charge in [-0.15, -0.1) is 0 Å². The largest absolute Gasteiger partial charge is 0.409 e. The Labute approximate surface area is 114 Å². The van der Waals surface area contributed by atoms with Crippen molar-refractivity contribution in [3.8, 4) is 0 Å². The van der Waals surface area contributed by atoms with Crippen molar-refractivity contribution in [1.29, 1.82) is 0 Å². The summed E-state index contributed by atoms with van der Waals surface area (Å²) < 4.78 is 0. The molecule has 1 amide bonds. The van der Waals surface area contributed by atoms with Crippen LogP contribution in [0.25, 0.3) is 0 Å². The van der Waals surface area contributed by atoms with Gasteiger partial charge in [-0.25, -0.2) is 0 Å². The normalized spacial score (nSPS) is 23.7. The van der Waals surface area contributed by atoms with Crippen LogP contribution < -0.4 is 5.73 Å². The third kappa shape index (κ3) is 2.69. The number of carbonyl (C=O) groups excluding carboxylic acids is 1. The lowest BCUT2D eigenvalue weighted by Gasteiger charge is -2.35. The van der Waals surface area contributed by atoms with E-state index in [2.05, 4.69) is 5.16 Å². The third-order valence-electron chi connectivity index (χ3n) is 4.55. The van der Waals surface area contributed by atoms with Crippen LogP contribution in [0, 0.1) is 5.41 Å². The average molecular weight is 267 g/mol. The van der Waals surface area contributed by atoms with Gasteiger partial charge in [0.15, 0.2) is 5.84 Å². The molecule has 0 heterocycles. The number of amidine groups is 1. The molecule has 3 N–H and O–H groups in total. The molecule has 0 atom stereocenters. The summed E-state index contributed by atoms with van der Waals surface area (Å²) in [5.41, 5.74) is 5.16. The summed E-state index contributed by atoms with van der Waals surface area (Å²) in [6.07, 6.45) is 7.81. The molecule has 2 rings (SSSR count). The Bertz CT molecular complexity index is 356. The van der Waals surface area contributed by atoms with Crippen LogP contribution in [0.1, 0.15) is 58.3 Å². The van der Waals surface area contributed by atoms with E-state index < -0.39 is 5.41 Å². The number of hydrogen-bond acceptors (Lipinski definition) is 3. The van der Waals surface area contributed by atoms with Crippen molar-refractivity contribution in [2.24, 2.45) is 16.3 Å². The first-order chi connectivity index (χ1) is 9.15. The second kappa shape index (κ2) is 5.80. The van der Waals surface area contributed by atoms with Crippen LogP contribution in [-0.4, -0.2) is 34.4 Å². The van der Waals surface area contributed by atoms with Gasteiger partial charge in [0.1, 0.15) is 5.41 Å². The fourth-order valence-electron chi connectivity index (χ4n) is 3.24. The topological polar surface area (TPSA) is 78.9 Å². The molecule has 0 aromatic rings. The molecule has 19 heavy (non-hydrogen) atoms. The van der Waals surface area contributed by atoms with Gasteiger partial charge in [-0.3, -0.25) is 4.79 Å². The van der Waals surface area contributed by atoms with Crippen LogP contribution in [0.3, 0.4) is 0 Å². The van der Waals surface area contributed by atoms with Gasteiger partial charge in [0.25, 0.3) is 0 Å². The maximum atomic E-state index is 12.9. The van der Waals surface area contributed by atoms with E-state index in [1.807, 2.05) is 11.8 Å². The monoisotopic (exact) mass is 267 g/mol. The molecular weight excluding hydrogens is 242 g/mol. The highest BCUT2D eigenvalue weighted by Gasteiger charge is 2.47. The molecule has 0 aromatic heterocycles. The minimum Gasteiger partial charge on any atom is -0.409 e. The van der Waals surface area contributed by atoms with Crippen molar-refractivity contribution in [2.45, 2.75) is 64.3 Å². The molecule has 0 aromatic carbocycles. The highest BCUT2D eigenvalue weighted by atomic mass is 16.4. The van der Waals surface area contributed by atoms with Crippen molar-refractivity contribution in [3.05, 3.63) is 0 Å². The Morgan fingerprint density at radius 3 is 2.32 bits per heavy atom. The molecule has 0 bridgehead atoms. The highest BCUT2D eigenvalue weighted by Crippen LogP contribution is 2.40. The first kappa shape index (κ1) is 14.2. The van der Waals surface area contributed by atoms with Crippen LogP contribution in [0.4, 0.5) is 0 Å². The minimum absolute atomic E-state index is 0.0784. The molecule has 2 aliphatic rings. The van der Waals surface area contributed by atoms with Crippen LogP contribution >= 0.6 is 0 Å². The molecule has 0 aliphatic heterocycles. The predicted molar refractivity (Wildman–Crippen MR) is 74.0 cm³/mol. The van der Waals surface area contributed by atoms with Crippen molar-refractivity contribution in [3.63, 3.8) is 0 Å². The lowest BCUT2D eigenvalue weighted by atomic mass is 9.77. The van der Waals surface area contributed by atoms with E-state index in [9.17, 15) is 4.79 Å². The lowest BCUT2D eigenvalue weighted by molar-refractivity contribution is -0.139. The summed E-state index contributed by atoms with van der Waals surface area (Å²) >= 11 is 0. The Morgan fingerprint density at radius 1 is 1.32 bits per heavy atom. The number of nitrogens with two attached hydrogens (primary N) is 1. The van der Waals surface area contributed by atoms with Gasteiger partial charge in [0.2, 0.25) is 5.91 Å². The molecule has 0 radical (unpaired) electrons. The molecule has 5 nitrogen and oxygen atoms in total. The molecule has 5 heteroatoms. The van der Waals surface area contributed by atoms with Crippen molar-refractivity contribution >= 4 is 11.7 Å². The van der Waals surface area contributed by atoms with Gasteiger partial charge in [0, 0.05) is 12.6 Å². The molecule has 0 spiro atoms. The zero-order chi connectivity index (χ0) is 13.9. The molecule has 0 saturated heterocycles. The van der Waals surface area contributed by atoms with E-state index in [0.717, 1.165) is 38.5 Å². The van der Waals surface area contributed by atoms with Gasteiger partial charge < -0.3 is 15.8 Å². The fourth-order valence-corrected chi connectivity index (χ4v) is 3.24. The summed E-state index contributed by atoms with van der Waals surface area (Å²) in [5.74, 6) is 0.188. The zero-order valence-corrected chi connectivity index (χ0v) is 11.8. The van der Waals surface area contributed by atoms with Crippen LogP contribution in [0.5, 0.6) is 0 Å². The summed E-state index contributed by atoms with van der Waals surface area (Å²) in [4.78, 5) is 14.9. The van der Waals surface area contributed by atoms with E-state index in [1.54, 1.807) is 0 Å². The summed E-state index contributed by atoms with van der Waals surface area (Å²) in [6, 6.07) is 0.379. The number of hydrogen-bond donors (Lipinski definition) is 2. The van der Waals surface area contributed by atoms with Gasteiger partial charge in [-0.2, -0.15) is 0 Å². The van der Waals surface area contributed by atoms with E-state index in [1.165, 1.54) is 0 Å². The lowest BCUT2D eigenvalue weighted by Crippen LogP contribution is -2.52. The molecule has 0 unspecified atom stereocenters. The number of carbonyl (C=O) groups is 1. The number of rotatable bonds is 4. The Kier molecular flexibility index (Phi) is 4.32.